The monoisotopic (exact) mass is 289 g/mol. The van der Waals surface area contributed by atoms with Crippen LogP contribution in [0.15, 0.2) is 12.4 Å². The molecule has 112 valence electrons. The summed E-state index contributed by atoms with van der Waals surface area (Å²) in [5, 5.41) is 15.6. The highest BCUT2D eigenvalue weighted by molar-refractivity contribution is 5.97. The number of aromatic nitrogens is 2. The number of hydrogen-bond acceptors (Lipinski definition) is 4. The van der Waals surface area contributed by atoms with Gasteiger partial charge in [-0.15, -0.1) is 0 Å². The van der Waals surface area contributed by atoms with E-state index in [9.17, 15) is 18.7 Å². The van der Waals surface area contributed by atoms with Crippen molar-refractivity contribution in [1.82, 2.24) is 9.78 Å². The summed E-state index contributed by atoms with van der Waals surface area (Å²) in [5.74, 6) is -5.31. The summed E-state index contributed by atoms with van der Waals surface area (Å²) in [5.41, 5.74) is -2.06. The minimum Gasteiger partial charge on any atom is -0.383 e. The van der Waals surface area contributed by atoms with Gasteiger partial charge in [-0.1, -0.05) is 0 Å². The summed E-state index contributed by atoms with van der Waals surface area (Å²) < 4.78 is 34.0. The van der Waals surface area contributed by atoms with Crippen LogP contribution in [0.5, 0.6) is 0 Å². The number of carbonyl (C=O) groups excluding carboxylic acids is 1. The van der Waals surface area contributed by atoms with Crippen LogP contribution in [0.2, 0.25) is 0 Å². The molecule has 1 aromatic rings. The second-order valence-electron chi connectivity index (χ2n) is 4.90. The Hall–Kier alpha value is -1.54. The number of alkyl halides is 2. The number of methoxy groups -OCH3 is 1. The van der Waals surface area contributed by atoms with Crippen molar-refractivity contribution in [3.63, 3.8) is 0 Å². The van der Waals surface area contributed by atoms with Crippen molar-refractivity contribution in [3.8, 4) is 0 Å². The van der Waals surface area contributed by atoms with Gasteiger partial charge in [-0.2, -0.15) is 13.9 Å². The van der Waals surface area contributed by atoms with Crippen LogP contribution >= 0.6 is 0 Å². The third-order valence-corrected chi connectivity index (χ3v) is 3.47. The summed E-state index contributed by atoms with van der Waals surface area (Å²) >= 11 is 0. The minimum atomic E-state index is -3.81. The van der Waals surface area contributed by atoms with Gasteiger partial charge in [-0.25, -0.2) is 0 Å². The fourth-order valence-electron chi connectivity index (χ4n) is 1.98. The molecule has 2 rings (SSSR count). The molecule has 1 fully saturated rings. The summed E-state index contributed by atoms with van der Waals surface area (Å²) in [4.78, 5) is 11.6. The highest BCUT2D eigenvalue weighted by Gasteiger charge is 2.61. The molecule has 6 nitrogen and oxygen atoms in total. The van der Waals surface area contributed by atoms with Crippen molar-refractivity contribution >= 4 is 11.6 Å². The zero-order chi connectivity index (χ0) is 14.8. The Balaban J connectivity index is 1.98. The van der Waals surface area contributed by atoms with Crippen LogP contribution < -0.4 is 5.32 Å². The van der Waals surface area contributed by atoms with Gasteiger partial charge in [0, 0.05) is 13.3 Å². The van der Waals surface area contributed by atoms with Gasteiger partial charge in [0.05, 0.1) is 25.0 Å². The summed E-state index contributed by atoms with van der Waals surface area (Å²) in [6.45, 7) is 0.873. The Morgan fingerprint density at radius 1 is 1.65 bits per heavy atom. The van der Waals surface area contributed by atoms with Gasteiger partial charge in [0.15, 0.2) is 0 Å². The largest absolute Gasteiger partial charge is 0.383 e. The molecule has 0 atom stereocenters. The van der Waals surface area contributed by atoms with Crippen LogP contribution in [0.25, 0.3) is 0 Å². The Morgan fingerprint density at radius 2 is 2.35 bits per heavy atom. The Kier molecular flexibility index (Phi) is 4.05. The van der Waals surface area contributed by atoms with E-state index >= 15 is 0 Å². The van der Waals surface area contributed by atoms with E-state index in [1.54, 1.807) is 0 Å². The Labute approximate surface area is 114 Å². The maximum atomic E-state index is 13.8. The standard InChI is InChI=1S/C12H17F2N3O3/c1-20-6-5-17-8-9(7-15-17)16-10(18)12(13,14)11(19)3-2-4-11/h7-8,19H,2-6H2,1H3,(H,16,18). The number of carbonyl (C=O) groups is 1. The van der Waals surface area contributed by atoms with E-state index in [2.05, 4.69) is 10.4 Å². The zero-order valence-electron chi connectivity index (χ0n) is 11.1. The predicted molar refractivity (Wildman–Crippen MR) is 66.5 cm³/mol. The van der Waals surface area contributed by atoms with Gasteiger partial charge in [-0.3, -0.25) is 9.48 Å². The zero-order valence-corrected chi connectivity index (χ0v) is 11.1. The minimum absolute atomic E-state index is 0.0689. The SMILES string of the molecule is COCCn1cc(NC(=O)C(F)(F)C2(O)CCC2)cn1. The van der Waals surface area contributed by atoms with Gasteiger partial charge in [0.25, 0.3) is 5.91 Å². The first-order chi connectivity index (χ1) is 9.39. The van der Waals surface area contributed by atoms with Gasteiger partial charge < -0.3 is 15.2 Å². The van der Waals surface area contributed by atoms with Crippen molar-refractivity contribution in [3.05, 3.63) is 12.4 Å². The van der Waals surface area contributed by atoms with E-state index in [0.717, 1.165) is 0 Å². The molecule has 1 aliphatic carbocycles. The molecule has 0 aromatic carbocycles. The molecule has 0 aliphatic heterocycles. The number of hydrogen-bond donors (Lipinski definition) is 2. The van der Waals surface area contributed by atoms with Gasteiger partial charge in [-0.05, 0) is 19.3 Å². The van der Waals surface area contributed by atoms with Crippen LogP contribution in [-0.4, -0.2) is 46.0 Å². The fourth-order valence-corrected chi connectivity index (χ4v) is 1.98. The molecular formula is C12H17F2N3O3. The molecule has 8 heteroatoms. The lowest BCUT2D eigenvalue weighted by molar-refractivity contribution is -0.212. The third kappa shape index (κ3) is 2.66. The molecule has 0 unspecified atom stereocenters. The predicted octanol–water partition coefficient (Wildman–Crippen LogP) is 1.02. The fraction of sp³-hybridized carbons (Fsp3) is 0.667. The van der Waals surface area contributed by atoms with Crippen molar-refractivity contribution in [2.75, 3.05) is 19.0 Å². The maximum absolute atomic E-state index is 13.8. The molecule has 1 aromatic heterocycles. The lowest BCUT2D eigenvalue weighted by Crippen LogP contribution is -2.59. The van der Waals surface area contributed by atoms with Crippen molar-refractivity contribution in [2.24, 2.45) is 0 Å². The van der Waals surface area contributed by atoms with Crippen molar-refractivity contribution in [1.29, 1.82) is 0 Å². The highest BCUT2D eigenvalue weighted by atomic mass is 19.3. The number of rotatable bonds is 6. The first-order valence-corrected chi connectivity index (χ1v) is 6.32. The molecule has 2 N–H and O–H groups in total. The highest BCUT2D eigenvalue weighted by Crippen LogP contribution is 2.44. The van der Waals surface area contributed by atoms with E-state index in [-0.39, 0.29) is 18.5 Å². The normalized spacial score (nSPS) is 17.6. The topological polar surface area (TPSA) is 76.4 Å². The van der Waals surface area contributed by atoms with Crippen LogP contribution in [0.1, 0.15) is 19.3 Å². The first kappa shape index (κ1) is 14.9. The number of nitrogens with one attached hydrogen (secondary N) is 1. The average molecular weight is 289 g/mol. The van der Waals surface area contributed by atoms with E-state index in [1.165, 1.54) is 24.2 Å². The molecule has 1 saturated carbocycles. The van der Waals surface area contributed by atoms with Gasteiger partial charge in [0.2, 0.25) is 0 Å². The molecule has 1 heterocycles. The number of ether oxygens (including phenoxy) is 1. The van der Waals surface area contributed by atoms with Crippen LogP contribution in [0.3, 0.4) is 0 Å². The van der Waals surface area contributed by atoms with Gasteiger partial charge in [0.1, 0.15) is 5.60 Å². The lowest BCUT2D eigenvalue weighted by atomic mass is 9.75. The summed E-state index contributed by atoms with van der Waals surface area (Å²) in [6, 6.07) is 0. The second-order valence-corrected chi connectivity index (χ2v) is 4.90. The second kappa shape index (κ2) is 5.45. The summed E-state index contributed by atoms with van der Waals surface area (Å²) in [7, 11) is 1.53. The van der Waals surface area contributed by atoms with Crippen LogP contribution in [-0.2, 0) is 16.1 Å². The maximum Gasteiger partial charge on any atom is 0.352 e. The quantitative estimate of drug-likeness (QED) is 0.819. The number of halogens is 2. The molecule has 0 bridgehead atoms. The number of nitrogens with zero attached hydrogens (tertiary/aromatic N) is 2. The Bertz CT molecular complexity index is 486. The molecular weight excluding hydrogens is 272 g/mol. The molecule has 0 spiro atoms. The molecule has 0 saturated heterocycles. The number of anilines is 1. The lowest BCUT2D eigenvalue weighted by Gasteiger charge is -2.41. The molecule has 1 amide bonds. The van der Waals surface area contributed by atoms with E-state index in [1.807, 2.05) is 0 Å². The van der Waals surface area contributed by atoms with Crippen LogP contribution in [0, 0.1) is 0 Å². The number of amides is 1. The molecule has 20 heavy (non-hydrogen) atoms. The van der Waals surface area contributed by atoms with E-state index < -0.39 is 17.4 Å². The van der Waals surface area contributed by atoms with E-state index in [0.29, 0.717) is 19.6 Å². The van der Waals surface area contributed by atoms with E-state index in [4.69, 9.17) is 4.74 Å². The van der Waals surface area contributed by atoms with Crippen molar-refractivity contribution in [2.45, 2.75) is 37.3 Å². The summed E-state index contributed by atoms with van der Waals surface area (Å²) in [6.07, 6.45) is 3.06. The smallest absolute Gasteiger partial charge is 0.352 e. The average Bonchev–Trinajstić information content (AvgIpc) is 2.80. The molecule has 0 radical (unpaired) electrons. The third-order valence-electron chi connectivity index (χ3n) is 3.47. The number of aliphatic hydroxyl groups is 1. The van der Waals surface area contributed by atoms with Crippen LogP contribution in [0.4, 0.5) is 14.5 Å². The van der Waals surface area contributed by atoms with Crippen molar-refractivity contribution < 1.29 is 23.4 Å². The first-order valence-electron chi connectivity index (χ1n) is 6.32. The van der Waals surface area contributed by atoms with Gasteiger partial charge >= 0.3 is 5.92 Å². The Morgan fingerprint density at radius 3 is 2.90 bits per heavy atom. The molecule has 1 aliphatic rings.